The Balaban J connectivity index is 1.85. The molecule has 0 N–H and O–H groups in total. The molecule has 0 saturated heterocycles. The summed E-state index contributed by atoms with van der Waals surface area (Å²) in [5.74, 6) is 0. The fraction of sp³-hybridized carbons (Fsp3) is 0.950. The number of hydrogen-bond acceptors (Lipinski definition) is 2. The van der Waals surface area contributed by atoms with Crippen molar-refractivity contribution in [1.82, 2.24) is 9.80 Å². The summed E-state index contributed by atoms with van der Waals surface area (Å²) < 4.78 is 0. The zero-order chi connectivity index (χ0) is 30.2. The molecule has 1 unspecified atom stereocenters. The summed E-state index contributed by atoms with van der Waals surface area (Å²) in [7, 11) is 2.28. The molecule has 1 aliphatic heterocycles. The van der Waals surface area contributed by atoms with Gasteiger partial charge >= 0.3 is 0 Å². The minimum Gasteiger partial charge on any atom is -0.359 e. The van der Waals surface area contributed by atoms with Crippen LogP contribution in [-0.4, -0.2) is 29.6 Å². The van der Waals surface area contributed by atoms with Crippen LogP contribution in [0.25, 0.3) is 0 Å². The van der Waals surface area contributed by atoms with Crippen LogP contribution < -0.4 is 0 Å². The van der Waals surface area contributed by atoms with Crippen molar-refractivity contribution < 1.29 is 0 Å². The Kier molecular flexibility index (Phi) is 29.8. The van der Waals surface area contributed by atoms with Crippen LogP contribution in [0.15, 0.2) is 12.4 Å². The number of rotatable bonds is 34. The highest BCUT2D eigenvalue weighted by Crippen LogP contribution is 2.22. The van der Waals surface area contributed by atoms with Crippen LogP contribution >= 0.6 is 0 Å². The third-order valence-corrected chi connectivity index (χ3v) is 9.93. The quantitative estimate of drug-likeness (QED) is 0.0690. The average molecular weight is 589 g/mol. The van der Waals surface area contributed by atoms with Crippen molar-refractivity contribution in [2.24, 2.45) is 0 Å². The van der Waals surface area contributed by atoms with Crippen LogP contribution in [0.5, 0.6) is 0 Å². The predicted molar refractivity (Wildman–Crippen MR) is 191 cm³/mol. The van der Waals surface area contributed by atoms with Crippen LogP contribution in [0.1, 0.15) is 226 Å². The fourth-order valence-electron chi connectivity index (χ4n) is 6.93. The number of nitrogens with zero attached hydrogens (tertiary/aromatic N) is 2. The minimum absolute atomic E-state index is 0.619. The Hall–Kier alpha value is -0.660. The zero-order valence-corrected chi connectivity index (χ0v) is 29.7. The zero-order valence-electron chi connectivity index (χ0n) is 29.7. The first-order valence-electron chi connectivity index (χ1n) is 20.0. The van der Waals surface area contributed by atoms with Crippen molar-refractivity contribution in [2.45, 2.75) is 232 Å². The maximum Gasteiger partial charge on any atom is 0.100 e. The van der Waals surface area contributed by atoms with Crippen molar-refractivity contribution in [1.29, 1.82) is 0 Å². The Morgan fingerprint density at radius 1 is 0.357 bits per heavy atom. The molecule has 0 aromatic heterocycles. The van der Waals surface area contributed by atoms with Crippen molar-refractivity contribution in [2.75, 3.05) is 13.6 Å². The first-order valence-corrected chi connectivity index (χ1v) is 20.0. The van der Waals surface area contributed by atoms with E-state index in [2.05, 4.69) is 43.1 Å². The maximum atomic E-state index is 2.63. The second-order valence-corrected chi connectivity index (χ2v) is 14.1. The van der Waals surface area contributed by atoms with Gasteiger partial charge in [-0.05, 0) is 19.3 Å². The lowest BCUT2D eigenvalue weighted by atomic mass is 10.0. The standard InChI is InChI=1S/C40H80N2/c1-4-6-8-10-12-14-16-18-20-22-24-26-28-30-32-34-36-40-41(3)38-39-42(40)37-35-33-31-29-27-25-23-21-19-17-15-13-11-9-7-5-2/h38-40H,4-37H2,1-3H3. The van der Waals surface area contributed by atoms with Gasteiger partial charge in [0.25, 0.3) is 0 Å². The second-order valence-electron chi connectivity index (χ2n) is 14.1. The molecule has 250 valence electrons. The lowest BCUT2D eigenvalue weighted by Gasteiger charge is -2.30. The molecule has 0 spiro atoms. The molecule has 1 rings (SSSR count). The molecule has 0 saturated carbocycles. The van der Waals surface area contributed by atoms with Gasteiger partial charge in [-0.1, -0.05) is 206 Å². The molecular weight excluding hydrogens is 508 g/mol. The third-order valence-electron chi connectivity index (χ3n) is 9.93. The summed E-state index contributed by atoms with van der Waals surface area (Å²) in [5, 5.41) is 0. The van der Waals surface area contributed by atoms with Gasteiger partial charge in [-0.2, -0.15) is 0 Å². The number of hydrogen-bond donors (Lipinski definition) is 0. The SMILES string of the molecule is CCCCCCCCCCCCCCCCCCC1N(C)C=CN1CCCCCCCCCCCCCCCCCC. The summed E-state index contributed by atoms with van der Waals surface area (Å²) in [4.78, 5) is 5.09. The summed E-state index contributed by atoms with van der Waals surface area (Å²) in [6.07, 6.45) is 53.1. The van der Waals surface area contributed by atoms with E-state index in [1.165, 1.54) is 218 Å². The molecule has 0 bridgehead atoms. The Morgan fingerprint density at radius 2 is 0.643 bits per heavy atom. The first kappa shape index (κ1) is 39.4. The Bertz CT molecular complexity index is 544. The van der Waals surface area contributed by atoms with Gasteiger partial charge in [0.05, 0.1) is 0 Å². The number of unbranched alkanes of at least 4 members (excludes halogenated alkanes) is 30. The molecule has 0 aliphatic carbocycles. The van der Waals surface area contributed by atoms with Crippen molar-refractivity contribution in [3.63, 3.8) is 0 Å². The van der Waals surface area contributed by atoms with E-state index in [4.69, 9.17) is 0 Å². The van der Waals surface area contributed by atoms with E-state index in [1.807, 2.05) is 0 Å². The molecule has 0 amide bonds. The smallest absolute Gasteiger partial charge is 0.100 e. The van der Waals surface area contributed by atoms with Gasteiger partial charge < -0.3 is 9.80 Å². The fourth-order valence-corrected chi connectivity index (χ4v) is 6.93. The molecule has 0 aromatic rings. The molecular formula is C40H80N2. The highest BCUT2D eigenvalue weighted by Gasteiger charge is 2.22. The van der Waals surface area contributed by atoms with Gasteiger partial charge in [-0.15, -0.1) is 0 Å². The molecule has 1 aliphatic rings. The Morgan fingerprint density at radius 3 is 0.976 bits per heavy atom. The molecule has 0 radical (unpaired) electrons. The molecule has 0 aromatic carbocycles. The topological polar surface area (TPSA) is 6.48 Å². The van der Waals surface area contributed by atoms with E-state index in [1.54, 1.807) is 0 Å². The summed E-state index contributed by atoms with van der Waals surface area (Å²) in [5.41, 5.74) is 0. The molecule has 1 atom stereocenters. The highest BCUT2D eigenvalue weighted by atomic mass is 15.4. The van der Waals surface area contributed by atoms with Crippen LogP contribution in [0.4, 0.5) is 0 Å². The maximum absolute atomic E-state index is 2.63. The lowest BCUT2D eigenvalue weighted by molar-refractivity contribution is 0.159. The van der Waals surface area contributed by atoms with E-state index in [9.17, 15) is 0 Å². The van der Waals surface area contributed by atoms with E-state index in [0.29, 0.717) is 6.17 Å². The van der Waals surface area contributed by atoms with Gasteiger partial charge in [-0.25, -0.2) is 0 Å². The van der Waals surface area contributed by atoms with Crippen LogP contribution in [0.3, 0.4) is 0 Å². The second kappa shape index (κ2) is 31.8. The molecule has 1 heterocycles. The Labute approximate surface area is 267 Å². The highest BCUT2D eigenvalue weighted by molar-refractivity contribution is 4.95. The molecule has 0 fully saturated rings. The summed E-state index contributed by atoms with van der Waals surface area (Å²) in [6.45, 7) is 5.87. The predicted octanol–water partition coefficient (Wildman–Crippen LogP) is 13.9. The van der Waals surface area contributed by atoms with Crippen molar-refractivity contribution >= 4 is 0 Å². The van der Waals surface area contributed by atoms with Gasteiger partial charge in [0, 0.05) is 26.0 Å². The molecule has 2 nitrogen and oxygen atoms in total. The van der Waals surface area contributed by atoms with Gasteiger partial charge in [-0.3, -0.25) is 0 Å². The summed E-state index contributed by atoms with van der Waals surface area (Å²) >= 11 is 0. The van der Waals surface area contributed by atoms with Crippen molar-refractivity contribution in [3.05, 3.63) is 12.4 Å². The average Bonchev–Trinajstić information content (AvgIpc) is 3.35. The van der Waals surface area contributed by atoms with E-state index in [-0.39, 0.29) is 0 Å². The van der Waals surface area contributed by atoms with Gasteiger partial charge in [0.2, 0.25) is 0 Å². The largest absolute Gasteiger partial charge is 0.359 e. The first-order chi connectivity index (χ1) is 20.8. The monoisotopic (exact) mass is 589 g/mol. The molecule has 42 heavy (non-hydrogen) atoms. The van der Waals surface area contributed by atoms with Gasteiger partial charge in [0.1, 0.15) is 6.17 Å². The van der Waals surface area contributed by atoms with Crippen LogP contribution in [-0.2, 0) is 0 Å². The van der Waals surface area contributed by atoms with E-state index in [0.717, 1.165) is 0 Å². The molecule has 2 heteroatoms. The van der Waals surface area contributed by atoms with E-state index >= 15 is 0 Å². The normalized spacial score (nSPS) is 15.0. The van der Waals surface area contributed by atoms with Gasteiger partial charge in [0.15, 0.2) is 0 Å². The third kappa shape index (κ3) is 24.7. The van der Waals surface area contributed by atoms with Crippen molar-refractivity contribution in [3.8, 4) is 0 Å². The van der Waals surface area contributed by atoms with Crippen LogP contribution in [0, 0.1) is 0 Å². The van der Waals surface area contributed by atoms with Crippen LogP contribution in [0.2, 0.25) is 0 Å². The minimum atomic E-state index is 0.619. The lowest BCUT2D eigenvalue weighted by Crippen LogP contribution is -2.37. The summed E-state index contributed by atoms with van der Waals surface area (Å²) in [6, 6.07) is 0. The van der Waals surface area contributed by atoms with E-state index < -0.39 is 0 Å².